The number of rotatable bonds is 4. The van der Waals surface area contributed by atoms with Gasteiger partial charge < -0.3 is 4.74 Å². The number of carbonyl (C=O) groups is 2. The monoisotopic (exact) mass is 321 g/mol. The Labute approximate surface area is 133 Å². The first-order valence-electron chi connectivity index (χ1n) is 7.45. The van der Waals surface area contributed by atoms with Crippen LogP contribution in [-0.4, -0.2) is 23.8 Å². The summed E-state index contributed by atoms with van der Waals surface area (Å²) < 4.78 is 5.03. The second-order valence-corrected chi connectivity index (χ2v) is 5.42. The van der Waals surface area contributed by atoms with Crippen molar-refractivity contribution >= 4 is 17.5 Å². The van der Waals surface area contributed by atoms with E-state index in [1.807, 2.05) is 0 Å². The summed E-state index contributed by atoms with van der Waals surface area (Å²) in [4.78, 5) is 34.4. The summed E-state index contributed by atoms with van der Waals surface area (Å²) in [6, 6.07) is 3.70. The second kappa shape index (κ2) is 7.57. The minimum atomic E-state index is -0.658. The Morgan fingerprint density at radius 1 is 1.22 bits per heavy atom. The van der Waals surface area contributed by atoms with Crippen LogP contribution in [0.25, 0.3) is 0 Å². The highest BCUT2D eigenvalue weighted by atomic mass is 16.6. The zero-order valence-corrected chi connectivity index (χ0v) is 12.8. The maximum Gasteiger partial charge on any atom is 0.273 e. The molecule has 0 spiro atoms. The van der Waals surface area contributed by atoms with E-state index in [4.69, 9.17) is 4.74 Å². The number of methoxy groups -OCH3 is 1. The number of benzene rings is 1. The summed E-state index contributed by atoms with van der Waals surface area (Å²) in [7, 11) is 1.36. The smallest absolute Gasteiger partial charge is 0.273 e. The molecule has 0 unspecified atom stereocenters. The predicted molar refractivity (Wildman–Crippen MR) is 81.8 cm³/mol. The van der Waals surface area contributed by atoms with Gasteiger partial charge in [0, 0.05) is 18.1 Å². The Hall–Kier alpha value is -2.64. The normalized spacial score (nSPS) is 14.8. The molecule has 2 amide bonds. The molecular weight excluding hydrogens is 302 g/mol. The fourth-order valence-electron chi connectivity index (χ4n) is 2.64. The molecule has 124 valence electrons. The van der Waals surface area contributed by atoms with Crippen LogP contribution in [0.15, 0.2) is 18.2 Å². The fourth-order valence-corrected chi connectivity index (χ4v) is 2.64. The lowest BCUT2D eigenvalue weighted by Crippen LogP contribution is -2.45. The number of carbonyl (C=O) groups excluding carboxylic acids is 2. The van der Waals surface area contributed by atoms with Crippen LogP contribution >= 0.6 is 0 Å². The van der Waals surface area contributed by atoms with Crippen LogP contribution in [0, 0.1) is 16.0 Å². The van der Waals surface area contributed by atoms with Crippen molar-refractivity contribution in [3.05, 3.63) is 33.9 Å². The van der Waals surface area contributed by atoms with Gasteiger partial charge in [0.05, 0.1) is 17.6 Å². The van der Waals surface area contributed by atoms with Gasteiger partial charge in [0.2, 0.25) is 5.91 Å². The molecule has 0 aromatic heterocycles. The Morgan fingerprint density at radius 2 is 1.91 bits per heavy atom. The molecule has 8 nitrogen and oxygen atoms in total. The molecule has 0 bridgehead atoms. The molecule has 1 aliphatic rings. The predicted octanol–water partition coefficient (Wildman–Crippen LogP) is 1.94. The number of amides is 2. The SMILES string of the molecule is COc1ccc([N+](=O)[O-])cc1C(=O)NNC(=O)C1CCCCC1. The van der Waals surface area contributed by atoms with Gasteiger partial charge in [-0.25, -0.2) is 0 Å². The van der Waals surface area contributed by atoms with Gasteiger partial charge in [-0.15, -0.1) is 0 Å². The second-order valence-electron chi connectivity index (χ2n) is 5.42. The number of hydrazine groups is 1. The number of ether oxygens (including phenoxy) is 1. The molecule has 0 saturated heterocycles. The van der Waals surface area contributed by atoms with Crippen molar-refractivity contribution in [1.29, 1.82) is 0 Å². The van der Waals surface area contributed by atoms with E-state index < -0.39 is 10.8 Å². The van der Waals surface area contributed by atoms with Gasteiger partial charge >= 0.3 is 0 Å². The Kier molecular flexibility index (Phi) is 5.51. The molecular formula is C15H19N3O5. The van der Waals surface area contributed by atoms with E-state index in [1.54, 1.807) is 0 Å². The van der Waals surface area contributed by atoms with E-state index in [-0.39, 0.29) is 28.8 Å². The standard InChI is InChI=1S/C15H19N3O5/c1-23-13-8-7-11(18(21)22)9-12(13)15(20)17-16-14(19)10-5-3-2-4-6-10/h7-10H,2-6H2,1H3,(H,16,19)(H,17,20). The van der Waals surface area contributed by atoms with Crippen LogP contribution in [0.1, 0.15) is 42.5 Å². The zero-order valence-electron chi connectivity index (χ0n) is 12.8. The van der Waals surface area contributed by atoms with Crippen LogP contribution in [-0.2, 0) is 4.79 Å². The molecule has 8 heteroatoms. The van der Waals surface area contributed by atoms with Crippen molar-refractivity contribution in [3.63, 3.8) is 0 Å². The van der Waals surface area contributed by atoms with Gasteiger partial charge in [0.15, 0.2) is 0 Å². The lowest BCUT2D eigenvalue weighted by Gasteiger charge is -2.20. The van der Waals surface area contributed by atoms with Crippen molar-refractivity contribution in [2.24, 2.45) is 5.92 Å². The quantitative estimate of drug-likeness (QED) is 0.650. The summed E-state index contributed by atoms with van der Waals surface area (Å²) in [5.74, 6) is -0.798. The topological polar surface area (TPSA) is 111 Å². The molecule has 2 rings (SSSR count). The lowest BCUT2D eigenvalue weighted by molar-refractivity contribution is -0.384. The summed E-state index contributed by atoms with van der Waals surface area (Å²) in [6.07, 6.45) is 4.75. The van der Waals surface area contributed by atoms with Gasteiger partial charge in [-0.1, -0.05) is 19.3 Å². The Morgan fingerprint density at radius 3 is 2.52 bits per heavy atom. The summed E-state index contributed by atoms with van der Waals surface area (Å²) >= 11 is 0. The molecule has 0 aliphatic heterocycles. The molecule has 1 aromatic carbocycles. The highest BCUT2D eigenvalue weighted by molar-refractivity contribution is 5.98. The van der Waals surface area contributed by atoms with E-state index in [9.17, 15) is 19.7 Å². The summed E-state index contributed by atoms with van der Waals surface area (Å²) in [5.41, 5.74) is 4.45. The first-order chi connectivity index (χ1) is 11.0. The number of nitrogens with one attached hydrogen (secondary N) is 2. The number of nitro groups is 1. The zero-order chi connectivity index (χ0) is 16.8. The third kappa shape index (κ3) is 4.18. The van der Waals surface area contributed by atoms with Crippen LogP contribution < -0.4 is 15.6 Å². The number of nitro benzene ring substituents is 1. The molecule has 2 N–H and O–H groups in total. The van der Waals surface area contributed by atoms with Gasteiger partial charge in [-0.3, -0.25) is 30.6 Å². The Balaban J connectivity index is 2.03. The number of nitrogens with zero attached hydrogens (tertiary/aromatic N) is 1. The average Bonchev–Trinajstić information content (AvgIpc) is 2.59. The maximum absolute atomic E-state index is 12.2. The molecule has 1 saturated carbocycles. The van der Waals surface area contributed by atoms with Crippen molar-refractivity contribution in [2.45, 2.75) is 32.1 Å². The van der Waals surface area contributed by atoms with Crippen molar-refractivity contribution in [1.82, 2.24) is 10.9 Å². The van der Waals surface area contributed by atoms with Gasteiger partial charge in [0.25, 0.3) is 11.6 Å². The number of non-ortho nitro benzene ring substituents is 1. The summed E-state index contributed by atoms with van der Waals surface area (Å²) in [6.45, 7) is 0. The van der Waals surface area contributed by atoms with Crippen LogP contribution in [0.3, 0.4) is 0 Å². The molecule has 0 heterocycles. The molecule has 1 aromatic rings. The molecule has 1 aliphatic carbocycles. The third-order valence-electron chi connectivity index (χ3n) is 3.91. The van der Waals surface area contributed by atoms with E-state index >= 15 is 0 Å². The molecule has 0 atom stereocenters. The van der Waals surface area contributed by atoms with E-state index in [1.165, 1.54) is 19.2 Å². The highest BCUT2D eigenvalue weighted by Crippen LogP contribution is 2.24. The van der Waals surface area contributed by atoms with Crippen molar-refractivity contribution in [2.75, 3.05) is 7.11 Å². The van der Waals surface area contributed by atoms with Crippen LogP contribution in [0.5, 0.6) is 5.75 Å². The van der Waals surface area contributed by atoms with Crippen molar-refractivity contribution in [3.8, 4) is 5.75 Å². The molecule has 0 radical (unpaired) electrons. The summed E-state index contributed by atoms with van der Waals surface area (Å²) in [5, 5.41) is 10.8. The Bertz CT molecular complexity index is 611. The molecule has 23 heavy (non-hydrogen) atoms. The van der Waals surface area contributed by atoms with Crippen molar-refractivity contribution < 1.29 is 19.2 Å². The largest absolute Gasteiger partial charge is 0.496 e. The maximum atomic E-state index is 12.2. The first kappa shape index (κ1) is 16.7. The van der Waals surface area contributed by atoms with E-state index in [0.717, 1.165) is 38.2 Å². The van der Waals surface area contributed by atoms with Gasteiger partial charge in [-0.05, 0) is 18.9 Å². The highest BCUT2D eigenvalue weighted by Gasteiger charge is 2.22. The fraction of sp³-hybridized carbons (Fsp3) is 0.467. The first-order valence-corrected chi connectivity index (χ1v) is 7.45. The molecule has 1 fully saturated rings. The lowest BCUT2D eigenvalue weighted by atomic mass is 9.89. The number of hydrogen-bond donors (Lipinski definition) is 2. The van der Waals surface area contributed by atoms with Gasteiger partial charge in [-0.2, -0.15) is 0 Å². The minimum Gasteiger partial charge on any atom is -0.496 e. The van der Waals surface area contributed by atoms with E-state index in [2.05, 4.69) is 10.9 Å². The third-order valence-corrected chi connectivity index (χ3v) is 3.91. The minimum absolute atomic E-state index is 0.00866. The average molecular weight is 321 g/mol. The van der Waals surface area contributed by atoms with Gasteiger partial charge in [0.1, 0.15) is 5.75 Å². The number of hydrogen-bond acceptors (Lipinski definition) is 5. The van der Waals surface area contributed by atoms with E-state index in [0.29, 0.717) is 0 Å². The van der Waals surface area contributed by atoms with Crippen LogP contribution in [0.2, 0.25) is 0 Å². The van der Waals surface area contributed by atoms with Crippen LogP contribution in [0.4, 0.5) is 5.69 Å².